The molecular formula is C24H25ClN4O3. The van der Waals surface area contributed by atoms with Gasteiger partial charge in [-0.2, -0.15) is 5.10 Å². The fraction of sp³-hybridized carbons (Fsp3) is 0.250. The quantitative estimate of drug-likeness (QED) is 0.324. The van der Waals surface area contributed by atoms with E-state index in [0.29, 0.717) is 12.2 Å². The Kier molecular flexibility index (Phi) is 7.43. The smallest absolute Gasteiger partial charge is 0.331 e. The molecule has 32 heavy (non-hydrogen) atoms. The summed E-state index contributed by atoms with van der Waals surface area (Å²) in [6.07, 6.45) is 3.47. The highest BCUT2D eigenvalue weighted by Crippen LogP contribution is 2.19. The predicted octanol–water partition coefficient (Wildman–Crippen LogP) is 4.49. The summed E-state index contributed by atoms with van der Waals surface area (Å²) in [5.74, 6) is -1.13. The minimum Gasteiger partial charge on any atom is -0.449 e. The van der Waals surface area contributed by atoms with Crippen molar-refractivity contribution in [2.24, 2.45) is 0 Å². The van der Waals surface area contributed by atoms with Gasteiger partial charge in [-0.1, -0.05) is 41.4 Å². The van der Waals surface area contributed by atoms with E-state index in [-0.39, 0.29) is 5.15 Å². The van der Waals surface area contributed by atoms with E-state index in [1.807, 2.05) is 25.5 Å². The van der Waals surface area contributed by atoms with Crippen molar-refractivity contribution in [2.75, 3.05) is 5.32 Å². The molecule has 1 amide bonds. The maximum absolute atomic E-state index is 12.3. The molecule has 0 spiro atoms. The van der Waals surface area contributed by atoms with E-state index in [2.05, 4.69) is 39.7 Å². The predicted molar refractivity (Wildman–Crippen MR) is 124 cm³/mol. The number of benzene rings is 1. The lowest BCUT2D eigenvalue weighted by Gasteiger charge is -2.12. The number of ether oxygens (including phenoxy) is 1. The number of nitrogens with zero attached hydrogens (tertiary/aromatic N) is 3. The van der Waals surface area contributed by atoms with Crippen molar-refractivity contribution in [3.05, 3.63) is 81.9 Å². The van der Waals surface area contributed by atoms with Crippen LogP contribution in [0.2, 0.25) is 5.15 Å². The number of anilines is 1. The molecule has 1 atom stereocenters. The minimum atomic E-state index is -1.00. The van der Waals surface area contributed by atoms with E-state index in [1.165, 1.54) is 24.8 Å². The highest BCUT2D eigenvalue weighted by Gasteiger charge is 2.18. The highest BCUT2D eigenvalue weighted by molar-refractivity contribution is 6.32. The Hall–Kier alpha value is -3.45. The van der Waals surface area contributed by atoms with Gasteiger partial charge < -0.3 is 10.1 Å². The largest absolute Gasteiger partial charge is 0.449 e. The van der Waals surface area contributed by atoms with Crippen LogP contribution in [0.1, 0.15) is 35.0 Å². The van der Waals surface area contributed by atoms with Crippen LogP contribution in [0.3, 0.4) is 0 Å². The molecule has 0 fully saturated rings. The fourth-order valence-electron chi connectivity index (χ4n) is 3.10. The van der Waals surface area contributed by atoms with Crippen molar-refractivity contribution in [3.63, 3.8) is 0 Å². The van der Waals surface area contributed by atoms with Gasteiger partial charge >= 0.3 is 5.97 Å². The molecule has 166 valence electrons. The van der Waals surface area contributed by atoms with E-state index >= 15 is 0 Å². The van der Waals surface area contributed by atoms with Crippen molar-refractivity contribution in [2.45, 2.75) is 40.3 Å². The van der Waals surface area contributed by atoms with Crippen LogP contribution in [0.4, 0.5) is 5.69 Å². The van der Waals surface area contributed by atoms with E-state index in [1.54, 1.807) is 18.2 Å². The van der Waals surface area contributed by atoms with E-state index in [9.17, 15) is 9.59 Å². The van der Waals surface area contributed by atoms with Gasteiger partial charge in [-0.3, -0.25) is 9.48 Å². The number of rotatable bonds is 7. The Balaban J connectivity index is 1.62. The normalized spacial score (nSPS) is 12.0. The highest BCUT2D eigenvalue weighted by atomic mass is 35.5. The number of carbonyl (C=O) groups is 2. The standard InChI is InChI=1S/C24H25ClN4O3/c1-15-7-9-19(10-8-15)14-29-17(3)20(16(2)28-29)11-12-22(30)32-18(4)24(31)27-21-6-5-13-26-23(21)25/h5-13,18H,14H2,1-4H3,(H,27,31). The first-order valence-electron chi connectivity index (χ1n) is 10.1. The van der Waals surface area contributed by atoms with Crippen molar-refractivity contribution in [3.8, 4) is 0 Å². The first-order chi connectivity index (χ1) is 15.2. The van der Waals surface area contributed by atoms with Gasteiger partial charge in [0.2, 0.25) is 0 Å². The lowest BCUT2D eigenvalue weighted by Crippen LogP contribution is -2.29. The van der Waals surface area contributed by atoms with E-state index in [4.69, 9.17) is 16.3 Å². The van der Waals surface area contributed by atoms with Crippen molar-refractivity contribution in [1.82, 2.24) is 14.8 Å². The monoisotopic (exact) mass is 452 g/mol. The number of hydrogen-bond acceptors (Lipinski definition) is 5. The number of halogens is 1. The maximum Gasteiger partial charge on any atom is 0.331 e. The number of amides is 1. The number of aromatic nitrogens is 3. The van der Waals surface area contributed by atoms with Crippen molar-refractivity contribution >= 4 is 35.2 Å². The average Bonchev–Trinajstić information content (AvgIpc) is 3.02. The molecule has 1 unspecified atom stereocenters. The number of pyridine rings is 1. The van der Waals surface area contributed by atoms with Crippen LogP contribution >= 0.6 is 11.6 Å². The summed E-state index contributed by atoms with van der Waals surface area (Å²) in [5, 5.41) is 7.33. The third-order valence-corrected chi connectivity index (χ3v) is 5.26. The van der Waals surface area contributed by atoms with Crippen LogP contribution in [-0.2, 0) is 20.9 Å². The Morgan fingerprint density at radius 3 is 2.59 bits per heavy atom. The number of nitrogens with one attached hydrogen (secondary N) is 1. The SMILES string of the molecule is Cc1ccc(Cn2nc(C)c(C=CC(=O)OC(C)C(=O)Nc3cccnc3Cl)c2C)cc1. The molecule has 7 nitrogen and oxygen atoms in total. The van der Waals surface area contributed by atoms with Crippen LogP contribution in [0.25, 0.3) is 6.08 Å². The zero-order valence-electron chi connectivity index (χ0n) is 18.4. The Labute approximate surface area is 192 Å². The van der Waals surface area contributed by atoms with Gasteiger partial charge in [0.1, 0.15) is 0 Å². The average molecular weight is 453 g/mol. The van der Waals surface area contributed by atoms with E-state index in [0.717, 1.165) is 22.5 Å². The molecule has 0 saturated carbocycles. The maximum atomic E-state index is 12.3. The molecular weight excluding hydrogens is 428 g/mol. The summed E-state index contributed by atoms with van der Waals surface area (Å²) in [6, 6.07) is 11.5. The summed E-state index contributed by atoms with van der Waals surface area (Å²) in [6.45, 7) is 8.01. The van der Waals surface area contributed by atoms with Crippen LogP contribution in [-0.4, -0.2) is 32.7 Å². The fourth-order valence-corrected chi connectivity index (χ4v) is 3.27. The number of aryl methyl sites for hydroxylation is 2. The first kappa shape index (κ1) is 23.2. The lowest BCUT2D eigenvalue weighted by atomic mass is 10.1. The summed E-state index contributed by atoms with van der Waals surface area (Å²) in [4.78, 5) is 28.4. The third-order valence-electron chi connectivity index (χ3n) is 4.96. The van der Waals surface area contributed by atoms with Crippen LogP contribution in [0, 0.1) is 20.8 Å². The van der Waals surface area contributed by atoms with Gasteiger partial charge in [-0.25, -0.2) is 9.78 Å². The number of esters is 1. The molecule has 3 aromatic rings. The molecule has 0 aliphatic carbocycles. The van der Waals surface area contributed by atoms with Gasteiger partial charge in [-0.05, 0) is 51.5 Å². The lowest BCUT2D eigenvalue weighted by molar-refractivity contribution is -0.148. The van der Waals surface area contributed by atoms with Gasteiger partial charge in [0, 0.05) is 23.5 Å². The third kappa shape index (κ3) is 5.82. The molecule has 0 bridgehead atoms. The molecule has 3 rings (SSSR count). The molecule has 0 aliphatic heterocycles. The molecule has 1 aromatic carbocycles. The zero-order chi connectivity index (χ0) is 23.3. The van der Waals surface area contributed by atoms with Crippen LogP contribution in [0.15, 0.2) is 48.7 Å². The number of hydrogen-bond donors (Lipinski definition) is 1. The minimum absolute atomic E-state index is 0.160. The Morgan fingerprint density at radius 1 is 1.19 bits per heavy atom. The van der Waals surface area contributed by atoms with Gasteiger partial charge in [0.05, 0.1) is 17.9 Å². The van der Waals surface area contributed by atoms with Gasteiger partial charge in [-0.15, -0.1) is 0 Å². The summed E-state index contributed by atoms with van der Waals surface area (Å²) >= 11 is 5.93. The van der Waals surface area contributed by atoms with Crippen LogP contribution in [0.5, 0.6) is 0 Å². The number of carbonyl (C=O) groups excluding carboxylic acids is 2. The Bertz CT molecular complexity index is 1150. The molecule has 0 aliphatic rings. The van der Waals surface area contributed by atoms with Gasteiger partial charge in [0.15, 0.2) is 11.3 Å². The first-order valence-corrected chi connectivity index (χ1v) is 10.5. The molecule has 1 N–H and O–H groups in total. The second kappa shape index (κ2) is 10.2. The van der Waals surface area contributed by atoms with Crippen molar-refractivity contribution < 1.29 is 14.3 Å². The van der Waals surface area contributed by atoms with Crippen LogP contribution < -0.4 is 5.32 Å². The molecule has 2 aromatic heterocycles. The summed E-state index contributed by atoms with van der Waals surface area (Å²) in [7, 11) is 0. The van der Waals surface area contributed by atoms with E-state index < -0.39 is 18.0 Å². The molecule has 8 heteroatoms. The molecule has 0 saturated heterocycles. The van der Waals surface area contributed by atoms with Gasteiger partial charge in [0.25, 0.3) is 5.91 Å². The molecule has 2 heterocycles. The Morgan fingerprint density at radius 2 is 1.91 bits per heavy atom. The summed E-state index contributed by atoms with van der Waals surface area (Å²) in [5.41, 5.74) is 5.28. The second-order valence-electron chi connectivity index (χ2n) is 7.47. The van der Waals surface area contributed by atoms with Crippen molar-refractivity contribution in [1.29, 1.82) is 0 Å². The summed E-state index contributed by atoms with van der Waals surface area (Å²) < 4.78 is 7.11. The topological polar surface area (TPSA) is 86.1 Å². The second-order valence-corrected chi connectivity index (χ2v) is 7.83. The molecule has 0 radical (unpaired) electrons. The zero-order valence-corrected chi connectivity index (χ0v) is 19.2.